The zero-order chi connectivity index (χ0) is 14.5. The van der Waals surface area contributed by atoms with Crippen LogP contribution in [0.5, 0.6) is 5.75 Å². The quantitative estimate of drug-likeness (QED) is 0.750. The predicted octanol–water partition coefficient (Wildman–Crippen LogP) is 3.85. The maximum absolute atomic E-state index is 5.92. The number of nitrogens with one attached hydrogen (secondary N) is 1. The molecule has 2 aromatic heterocycles. The normalized spacial score (nSPS) is 12.4. The standard InChI is InChI=1S/C17H18N2OS/c1-13(10-18-12-16-6-4-8-21-16)20-15-9-14-5-2-3-7-17(14)19-11-15/h2-9,11,13,18H,10,12H2,1H3. The van der Waals surface area contributed by atoms with Crippen molar-refractivity contribution in [3.8, 4) is 5.75 Å². The van der Waals surface area contributed by atoms with E-state index in [1.165, 1.54) is 4.88 Å². The molecule has 2 heterocycles. The fourth-order valence-corrected chi connectivity index (χ4v) is 2.88. The SMILES string of the molecule is CC(CNCc1cccs1)Oc1cnc2ccccc2c1. The molecular formula is C17H18N2OS. The maximum Gasteiger partial charge on any atom is 0.138 e. The highest BCUT2D eigenvalue weighted by atomic mass is 32.1. The lowest BCUT2D eigenvalue weighted by Crippen LogP contribution is -2.28. The summed E-state index contributed by atoms with van der Waals surface area (Å²) < 4.78 is 5.92. The zero-order valence-electron chi connectivity index (χ0n) is 12.0. The van der Waals surface area contributed by atoms with Crippen molar-refractivity contribution in [1.29, 1.82) is 0 Å². The lowest BCUT2D eigenvalue weighted by atomic mass is 10.2. The van der Waals surface area contributed by atoms with E-state index in [0.29, 0.717) is 0 Å². The number of pyridine rings is 1. The first-order chi connectivity index (χ1) is 10.3. The average Bonchev–Trinajstić information content (AvgIpc) is 3.00. The van der Waals surface area contributed by atoms with E-state index in [0.717, 1.165) is 29.7 Å². The number of benzene rings is 1. The van der Waals surface area contributed by atoms with E-state index in [2.05, 4.69) is 40.8 Å². The second kappa shape index (κ2) is 6.70. The highest BCUT2D eigenvalue weighted by Crippen LogP contribution is 2.18. The van der Waals surface area contributed by atoms with E-state index < -0.39 is 0 Å². The van der Waals surface area contributed by atoms with Gasteiger partial charge in [-0.05, 0) is 30.5 Å². The highest BCUT2D eigenvalue weighted by Gasteiger charge is 2.05. The molecule has 1 aromatic carbocycles. The van der Waals surface area contributed by atoms with Gasteiger partial charge in [0.1, 0.15) is 11.9 Å². The molecule has 3 rings (SSSR count). The largest absolute Gasteiger partial charge is 0.488 e. The van der Waals surface area contributed by atoms with E-state index in [9.17, 15) is 0 Å². The van der Waals surface area contributed by atoms with Crippen molar-refractivity contribution >= 4 is 22.2 Å². The van der Waals surface area contributed by atoms with Gasteiger partial charge in [-0.3, -0.25) is 4.98 Å². The molecule has 0 fully saturated rings. The van der Waals surface area contributed by atoms with Crippen LogP contribution in [0.4, 0.5) is 0 Å². The van der Waals surface area contributed by atoms with Gasteiger partial charge in [0.15, 0.2) is 0 Å². The summed E-state index contributed by atoms with van der Waals surface area (Å²) in [4.78, 5) is 5.75. The van der Waals surface area contributed by atoms with Gasteiger partial charge in [0.25, 0.3) is 0 Å². The van der Waals surface area contributed by atoms with Crippen molar-refractivity contribution in [3.05, 3.63) is 58.9 Å². The van der Waals surface area contributed by atoms with Crippen molar-refractivity contribution < 1.29 is 4.74 Å². The van der Waals surface area contributed by atoms with Gasteiger partial charge in [-0.2, -0.15) is 0 Å². The van der Waals surface area contributed by atoms with Crippen LogP contribution >= 0.6 is 11.3 Å². The topological polar surface area (TPSA) is 34.1 Å². The number of aromatic nitrogens is 1. The molecule has 3 nitrogen and oxygen atoms in total. The van der Waals surface area contributed by atoms with Crippen LogP contribution in [0.3, 0.4) is 0 Å². The Bertz CT molecular complexity index is 697. The van der Waals surface area contributed by atoms with E-state index in [-0.39, 0.29) is 6.10 Å². The number of rotatable bonds is 6. The van der Waals surface area contributed by atoms with Crippen molar-refractivity contribution in [2.75, 3.05) is 6.54 Å². The zero-order valence-corrected chi connectivity index (χ0v) is 12.8. The van der Waals surface area contributed by atoms with Crippen LogP contribution < -0.4 is 10.1 Å². The Balaban J connectivity index is 1.54. The molecule has 3 aromatic rings. The summed E-state index contributed by atoms with van der Waals surface area (Å²) in [5.74, 6) is 0.819. The number of hydrogen-bond donors (Lipinski definition) is 1. The number of ether oxygens (including phenoxy) is 1. The van der Waals surface area contributed by atoms with Gasteiger partial charge in [0.05, 0.1) is 11.7 Å². The molecule has 0 radical (unpaired) electrons. The first kappa shape index (κ1) is 14.0. The molecule has 0 aliphatic rings. The molecule has 1 unspecified atom stereocenters. The Hall–Kier alpha value is -1.91. The van der Waals surface area contributed by atoms with Crippen LogP contribution in [0.25, 0.3) is 10.9 Å². The van der Waals surface area contributed by atoms with Gasteiger partial charge in [-0.1, -0.05) is 24.3 Å². The third-order valence-electron chi connectivity index (χ3n) is 3.21. The first-order valence-corrected chi connectivity index (χ1v) is 7.94. The highest BCUT2D eigenvalue weighted by molar-refractivity contribution is 7.09. The van der Waals surface area contributed by atoms with Crippen LogP contribution in [-0.2, 0) is 6.54 Å². The van der Waals surface area contributed by atoms with Gasteiger partial charge in [-0.15, -0.1) is 11.3 Å². The van der Waals surface area contributed by atoms with Gasteiger partial charge >= 0.3 is 0 Å². The molecule has 0 aliphatic carbocycles. The lowest BCUT2D eigenvalue weighted by Gasteiger charge is -2.15. The molecule has 0 spiro atoms. The molecule has 1 N–H and O–H groups in total. The van der Waals surface area contributed by atoms with Crippen LogP contribution in [0.1, 0.15) is 11.8 Å². The maximum atomic E-state index is 5.92. The fraction of sp³-hybridized carbons (Fsp3) is 0.235. The number of fused-ring (bicyclic) bond motifs is 1. The van der Waals surface area contributed by atoms with Gasteiger partial charge in [0, 0.05) is 23.4 Å². The fourth-order valence-electron chi connectivity index (χ4n) is 2.20. The smallest absolute Gasteiger partial charge is 0.138 e. The molecule has 108 valence electrons. The van der Waals surface area contributed by atoms with E-state index in [4.69, 9.17) is 4.74 Å². The van der Waals surface area contributed by atoms with E-state index >= 15 is 0 Å². The van der Waals surface area contributed by atoms with E-state index in [1.54, 1.807) is 17.5 Å². The van der Waals surface area contributed by atoms with Crippen molar-refractivity contribution in [1.82, 2.24) is 10.3 Å². The summed E-state index contributed by atoms with van der Waals surface area (Å²) in [5, 5.41) is 6.61. The first-order valence-electron chi connectivity index (χ1n) is 7.06. The number of para-hydroxylation sites is 1. The number of hydrogen-bond acceptors (Lipinski definition) is 4. The van der Waals surface area contributed by atoms with Crippen LogP contribution in [-0.4, -0.2) is 17.6 Å². The third kappa shape index (κ3) is 3.80. The Morgan fingerprint density at radius 3 is 3.00 bits per heavy atom. The van der Waals surface area contributed by atoms with Crippen LogP contribution in [0, 0.1) is 0 Å². The minimum absolute atomic E-state index is 0.105. The van der Waals surface area contributed by atoms with Gasteiger partial charge < -0.3 is 10.1 Å². The van der Waals surface area contributed by atoms with Gasteiger partial charge in [0.2, 0.25) is 0 Å². The van der Waals surface area contributed by atoms with Crippen LogP contribution in [0.2, 0.25) is 0 Å². The Morgan fingerprint density at radius 1 is 1.24 bits per heavy atom. The summed E-state index contributed by atoms with van der Waals surface area (Å²) in [6.07, 6.45) is 1.89. The Morgan fingerprint density at radius 2 is 2.14 bits per heavy atom. The van der Waals surface area contributed by atoms with Crippen molar-refractivity contribution in [2.45, 2.75) is 19.6 Å². The summed E-state index contributed by atoms with van der Waals surface area (Å²) in [6.45, 7) is 3.77. The Labute approximate surface area is 128 Å². The molecular weight excluding hydrogens is 280 g/mol. The molecule has 0 aliphatic heterocycles. The summed E-state index contributed by atoms with van der Waals surface area (Å²) in [7, 11) is 0. The van der Waals surface area contributed by atoms with Crippen molar-refractivity contribution in [2.24, 2.45) is 0 Å². The average molecular weight is 298 g/mol. The number of thiophene rings is 1. The molecule has 0 bridgehead atoms. The summed E-state index contributed by atoms with van der Waals surface area (Å²) in [5.41, 5.74) is 0.994. The summed E-state index contributed by atoms with van der Waals surface area (Å²) in [6, 6.07) is 14.3. The second-order valence-corrected chi connectivity index (χ2v) is 6.03. The minimum Gasteiger partial charge on any atom is -0.488 e. The predicted molar refractivity (Wildman–Crippen MR) is 87.9 cm³/mol. The molecule has 0 saturated heterocycles. The second-order valence-electron chi connectivity index (χ2n) is 5.00. The number of nitrogens with zero attached hydrogens (tertiary/aromatic N) is 1. The minimum atomic E-state index is 0.105. The lowest BCUT2D eigenvalue weighted by molar-refractivity contribution is 0.216. The third-order valence-corrected chi connectivity index (χ3v) is 4.09. The van der Waals surface area contributed by atoms with Gasteiger partial charge in [-0.25, -0.2) is 0 Å². The summed E-state index contributed by atoms with van der Waals surface area (Å²) >= 11 is 1.77. The molecule has 0 saturated carbocycles. The molecule has 1 atom stereocenters. The van der Waals surface area contributed by atoms with E-state index in [1.807, 2.05) is 24.3 Å². The molecule has 21 heavy (non-hydrogen) atoms. The molecule has 4 heteroatoms. The monoisotopic (exact) mass is 298 g/mol. The van der Waals surface area contributed by atoms with Crippen LogP contribution in [0.15, 0.2) is 54.0 Å². The molecule has 0 amide bonds. The Kier molecular flexibility index (Phi) is 4.48. The van der Waals surface area contributed by atoms with Crippen molar-refractivity contribution in [3.63, 3.8) is 0 Å².